The minimum absolute atomic E-state index is 0.312. The minimum Gasteiger partial charge on any atom is -0.324 e. The molecule has 0 aliphatic carbocycles. The monoisotopic (exact) mass is 192 g/mol. The van der Waals surface area contributed by atoms with Crippen molar-refractivity contribution in [2.75, 3.05) is 0 Å². The molecule has 1 rings (SSSR count). The van der Waals surface area contributed by atoms with E-state index in [4.69, 9.17) is 11.0 Å². The molecule has 74 valence electrons. The van der Waals surface area contributed by atoms with Gasteiger partial charge in [-0.25, -0.2) is 4.39 Å². The van der Waals surface area contributed by atoms with Crippen molar-refractivity contribution in [2.24, 2.45) is 5.73 Å². The lowest BCUT2D eigenvalue weighted by Crippen LogP contribution is -2.11. The maximum atomic E-state index is 13.3. The predicted octanol–water partition coefficient (Wildman–Crippen LogP) is 2.50. The average Bonchev–Trinajstić information content (AvgIpc) is 2.19. The molecule has 1 aromatic carbocycles. The standard InChI is InChI=1S/C11H13FN2/c1-2-3-11(14)9-6-8(7-13)4-5-10(9)12/h4-6,11H,2-3,14H2,1H3/t11-/m1/s1. The van der Waals surface area contributed by atoms with Crippen molar-refractivity contribution in [1.29, 1.82) is 5.26 Å². The summed E-state index contributed by atoms with van der Waals surface area (Å²) < 4.78 is 13.3. The number of benzene rings is 1. The van der Waals surface area contributed by atoms with Crippen LogP contribution in [-0.2, 0) is 0 Å². The zero-order chi connectivity index (χ0) is 10.6. The zero-order valence-electron chi connectivity index (χ0n) is 8.13. The van der Waals surface area contributed by atoms with Gasteiger partial charge in [-0.15, -0.1) is 0 Å². The van der Waals surface area contributed by atoms with Gasteiger partial charge in [-0.05, 0) is 24.6 Å². The fraction of sp³-hybridized carbons (Fsp3) is 0.364. The molecule has 0 fully saturated rings. The second-order valence-corrected chi connectivity index (χ2v) is 3.24. The molecule has 14 heavy (non-hydrogen) atoms. The summed E-state index contributed by atoms with van der Waals surface area (Å²) in [5, 5.41) is 8.65. The van der Waals surface area contributed by atoms with Crippen LogP contribution >= 0.6 is 0 Å². The quantitative estimate of drug-likeness (QED) is 0.799. The molecule has 1 atom stereocenters. The highest BCUT2D eigenvalue weighted by molar-refractivity contribution is 5.35. The Hall–Kier alpha value is -1.40. The molecule has 1 aromatic rings. The number of nitrogens with zero attached hydrogens (tertiary/aromatic N) is 1. The first-order chi connectivity index (χ1) is 6.69. The third-order valence-electron chi connectivity index (χ3n) is 2.12. The van der Waals surface area contributed by atoms with Gasteiger partial charge < -0.3 is 5.73 Å². The molecule has 2 nitrogen and oxygen atoms in total. The van der Waals surface area contributed by atoms with Crippen molar-refractivity contribution >= 4 is 0 Å². The normalized spacial score (nSPS) is 12.1. The molecular weight excluding hydrogens is 179 g/mol. The van der Waals surface area contributed by atoms with Gasteiger partial charge in [0.15, 0.2) is 0 Å². The van der Waals surface area contributed by atoms with Gasteiger partial charge in [0.05, 0.1) is 11.6 Å². The summed E-state index contributed by atoms with van der Waals surface area (Å²) in [5.41, 5.74) is 6.67. The van der Waals surface area contributed by atoms with Crippen molar-refractivity contribution in [2.45, 2.75) is 25.8 Å². The summed E-state index contributed by atoms with van der Waals surface area (Å²) in [5.74, 6) is -0.329. The van der Waals surface area contributed by atoms with E-state index in [1.165, 1.54) is 18.2 Å². The van der Waals surface area contributed by atoms with Crippen LogP contribution in [0.25, 0.3) is 0 Å². The number of halogens is 1. The molecule has 0 saturated heterocycles. The second kappa shape index (κ2) is 4.73. The second-order valence-electron chi connectivity index (χ2n) is 3.24. The highest BCUT2D eigenvalue weighted by Crippen LogP contribution is 2.20. The van der Waals surface area contributed by atoms with Gasteiger partial charge in [0.25, 0.3) is 0 Å². The first-order valence-corrected chi connectivity index (χ1v) is 4.64. The van der Waals surface area contributed by atoms with E-state index < -0.39 is 0 Å². The number of hydrogen-bond acceptors (Lipinski definition) is 2. The molecule has 0 radical (unpaired) electrons. The van der Waals surface area contributed by atoms with Crippen LogP contribution in [0.1, 0.15) is 36.9 Å². The van der Waals surface area contributed by atoms with E-state index in [1.54, 1.807) is 0 Å². The van der Waals surface area contributed by atoms with Crippen LogP contribution in [0.4, 0.5) is 4.39 Å². The van der Waals surface area contributed by atoms with E-state index in [9.17, 15) is 4.39 Å². The molecule has 0 heterocycles. The Morgan fingerprint density at radius 1 is 1.57 bits per heavy atom. The molecule has 0 aliphatic heterocycles. The summed E-state index contributed by atoms with van der Waals surface area (Å²) in [4.78, 5) is 0. The van der Waals surface area contributed by atoms with Gasteiger partial charge in [-0.3, -0.25) is 0 Å². The van der Waals surface area contributed by atoms with Gasteiger partial charge in [0.2, 0.25) is 0 Å². The maximum Gasteiger partial charge on any atom is 0.128 e. The van der Waals surface area contributed by atoms with Gasteiger partial charge in [0.1, 0.15) is 5.82 Å². The van der Waals surface area contributed by atoms with Crippen LogP contribution in [-0.4, -0.2) is 0 Å². The van der Waals surface area contributed by atoms with Gasteiger partial charge in [0, 0.05) is 11.6 Å². The van der Waals surface area contributed by atoms with Crippen molar-refractivity contribution < 1.29 is 4.39 Å². The summed E-state index contributed by atoms with van der Waals surface area (Å²) in [7, 11) is 0. The van der Waals surface area contributed by atoms with Crippen molar-refractivity contribution in [3.8, 4) is 6.07 Å². The number of nitrogens with two attached hydrogens (primary N) is 1. The average molecular weight is 192 g/mol. The molecular formula is C11H13FN2. The van der Waals surface area contributed by atoms with E-state index in [0.29, 0.717) is 11.1 Å². The Morgan fingerprint density at radius 2 is 2.29 bits per heavy atom. The van der Waals surface area contributed by atoms with Crippen LogP contribution in [0.2, 0.25) is 0 Å². The molecule has 0 saturated carbocycles. The van der Waals surface area contributed by atoms with E-state index in [0.717, 1.165) is 12.8 Å². The Morgan fingerprint density at radius 3 is 2.86 bits per heavy atom. The summed E-state index contributed by atoms with van der Waals surface area (Å²) >= 11 is 0. The van der Waals surface area contributed by atoms with Crippen molar-refractivity contribution in [1.82, 2.24) is 0 Å². The molecule has 0 unspecified atom stereocenters. The lowest BCUT2D eigenvalue weighted by molar-refractivity contribution is 0.559. The fourth-order valence-corrected chi connectivity index (χ4v) is 1.36. The zero-order valence-corrected chi connectivity index (χ0v) is 8.13. The van der Waals surface area contributed by atoms with E-state index in [-0.39, 0.29) is 11.9 Å². The maximum absolute atomic E-state index is 13.3. The molecule has 3 heteroatoms. The lowest BCUT2D eigenvalue weighted by atomic mass is 10.0. The van der Waals surface area contributed by atoms with Crippen molar-refractivity contribution in [3.63, 3.8) is 0 Å². The molecule has 0 bridgehead atoms. The SMILES string of the molecule is CCC[C@@H](N)c1cc(C#N)ccc1F. The smallest absolute Gasteiger partial charge is 0.128 e. The van der Waals surface area contributed by atoms with Crippen LogP contribution in [0.5, 0.6) is 0 Å². The number of hydrogen-bond donors (Lipinski definition) is 1. The Kier molecular flexibility index (Phi) is 3.61. The van der Waals surface area contributed by atoms with Crippen LogP contribution in [0.15, 0.2) is 18.2 Å². The van der Waals surface area contributed by atoms with Crippen LogP contribution in [0.3, 0.4) is 0 Å². The van der Waals surface area contributed by atoms with Gasteiger partial charge >= 0.3 is 0 Å². The Labute approximate surface area is 83.2 Å². The third kappa shape index (κ3) is 2.30. The highest BCUT2D eigenvalue weighted by Gasteiger charge is 2.10. The third-order valence-corrected chi connectivity index (χ3v) is 2.12. The first kappa shape index (κ1) is 10.7. The Balaban J connectivity index is 3.01. The van der Waals surface area contributed by atoms with Crippen molar-refractivity contribution in [3.05, 3.63) is 35.1 Å². The highest BCUT2D eigenvalue weighted by atomic mass is 19.1. The minimum atomic E-state index is -0.329. The Bertz CT molecular complexity index is 355. The first-order valence-electron chi connectivity index (χ1n) is 4.64. The lowest BCUT2D eigenvalue weighted by Gasteiger charge is -2.11. The van der Waals surface area contributed by atoms with E-state index in [1.807, 2.05) is 13.0 Å². The predicted molar refractivity (Wildman–Crippen MR) is 53.0 cm³/mol. The summed E-state index contributed by atoms with van der Waals surface area (Å²) in [6.07, 6.45) is 1.63. The topological polar surface area (TPSA) is 49.8 Å². The molecule has 0 aliphatic rings. The largest absolute Gasteiger partial charge is 0.324 e. The molecule has 0 spiro atoms. The fourth-order valence-electron chi connectivity index (χ4n) is 1.36. The van der Waals surface area contributed by atoms with Crippen LogP contribution in [0, 0.1) is 17.1 Å². The summed E-state index contributed by atoms with van der Waals surface area (Å²) in [6.45, 7) is 1.99. The summed E-state index contributed by atoms with van der Waals surface area (Å²) in [6, 6.07) is 5.93. The molecule has 0 amide bonds. The molecule has 2 N–H and O–H groups in total. The molecule has 0 aromatic heterocycles. The van der Waals surface area contributed by atoms with Gasteiger partial charge in [-0.2, -0.15) is 5.26 Å². The van der Waals surface area contributed by atoms with Gasteiger partial charge in [-0.1, -0.05) is 13.3 Å². The van der Waals surface area contributed by atoms with E-state index in [2.05, 4.69) is 0 Å². The van der Waals surface area contributed by atoms with Crippen LogP contribution < -0.4 is 5.73 Å². The number of nitriles is 1. The van der Waals surface area contributed by atoms with E-state index >= 15 is 0 Å². The number of rotatable bonds is 3.